The van der Waals surface area contributed by atoms with E-state index in [1.807, 2.05) is 19.1 Å². The van der Waals surface area contributed by atoms with E-state index < -0.39 is 0 Å². The zero-order chi connectivity index (χ0) is 14.5. The normalized spacial score (nSPS) is 11.2. The minimum atomic E-state index is 0.00726. The zero-order valence-corrected chi connectivity index (χ0v) is 12.4. The lowest BCUT2D eigenvalue weighted by Gasteiger charge is -2.33. The number of aryl methyl sites for hydroxylation is 1. The fourth-order valence-electron chi connectivity index (χ4n) is 1.98. The molecule has 19 heavy (non-hydrogen) atoms. The highest BCUT2D eigenvalue weighted by Gasteiger charge is 2.22. The van der Waals surface area contributed by atoms with Crippen LogP contribution in [0.25, 0.3) is 0 Å². The molecular weight excluding hydrogens is 236 g/mol. The summed E-state index contributed by atoms with van der Waals surface area (Å²) >= 11 is 0. The van der Waals surface area contributed by atoms with Crippen molar-refractivity contribution in [3.8, 4) is 6.07 Å². The predicted molar refractivity (Wildman–Crippen MR) is 79.0 cm³/mol. The van der Waals surface area contributed by atoms with Crippen LogP contribution in [0.1, 0.15) is 38.4 Å². The lowest BCUT2D eigenvalue weighted by Crippen LogP contribution is -2.40. The van der Waals surface area contributed by atoms with E-state index in [0.29, 0.717) is 12.1 Å². The highest BCUT2D eigenvalue weighted by molar-refractivity contribution is 5.54. The van der Waals surface area contributed by atoms with Crippen molar-refractivity contribution >= 4 is 5.82 Å². The van der Waals surface area contributed by atoms with Crippen LogP contribution < -0.4 is 10.6 Å². The average molecular weight is 260 g/mol. The van der Waals surface area contributed by atoms with Crippen LogP contribution in [0, 0.1) is 23.7 Å². The average Bonchev–Trinajstić information content (AvgIpc) is 2.38. The van der Waals surface area contributed by atoms with Crippen LogP contribution in [0.4, 0.5) is 5.82 Å². The lowest BCUT2D eigenvalue weighted by atomic mass is 9.93. The molecule has 4 heteroatoms. The van der Waals surface area contributed by atoms with Crippen molar-refractivity contribution in [1.82, 2.24) is 4.98 Å². The van der Waals surface area contributed by atoms with E-state index in [0.717, 1.165) is 31.0 Å². The summed E-state index contributed by atoms with van der Waals surface area (Å²) < 4.78 is 0. The Morgan fingerprint density at radius 3 is 2.63 bits per heavy atom. The molecule has 1 rings (SSSR count). The van der Waals surface area contributed by atoms with Crippen LogP contribution in [-0.4, -0.2) is 24.6 Å². The fourth-order valence-corrected chi connectivity index (χ4v) is 1.98. The summed E-state index contributed by atoms with van der Waals surface area (Å²) in [5.41, 5.74) is 7.39. The molecule has 2 N–H and O–H groups in total. The molecule has 0 fully saturated rings. The Balaban J connectivity index is 3.12. The van der Waals surface area contributed by atoms with E-state index in [2.05, 4.69) is 36.7 Å². The number of aromatic nitrogens is 1. The first-order valence-corrected chi connectivity index (χ1v) is 6.76. The molecule has 0 aromatic carbocycles. The van der Waals surface area contributed by atoms with Gasteiger partial charge in [0, 0.05) is 18.8 Å². The molecule has 0 unspecified atom stereocenters. The van der Waals surface area contributed by atoms with Crippen LogP contribution in [0.2, 0.25) is 0 Å². The van der Waals surface area contributed by atoms with Crippen LogP contribution in [0.5, 0.6) is 0 Å². The van der Waals surface area contributed by atoms with Crippen molar-refractivity contribution in [3.63, 3.8) is 0 Å². The van der Waals surface area contributed by atoms with Crippen LogP contribution in [0.3, 0.4) is 0 Å². The molecule has 0 aliphatic heterocycles. The molecule has 1 aromatic heterocycles. The Morgan fingerprint density at radius 2 is 2.11 bits per heavy atom. The standard InChI is InChI=1S/C15H24N4/c1-5-8-19(11-15(3,4)10-17)14-13(9-16)7-6-12(2)18-14/h6-7H,5,8,10-11,17H2,1-4H3. The van der Waals surface area contributed by atoms with Gasteiger partial charge in [0.05, 0.1) is 5.56 Å². The number of hydrogen-bond acceptors (Lipinski definition) is 4. The molecule has 0 bridgehead atoms. The third kappa shape index (κ3) is 4.22. The monoisotopic (exact) mass is 260 g/mol. The van der Waals surface area contributed by atoms with Gasteiger partial charge in [-0.1, -0.05) is 20.8 Å². The predicted octanol–water partition coefficient (Wildman–Crippen LogP) is 2.46. The maximum absolute atomic E-state index is 9.24. The number of nitrogens with two attached hydrogens (primary N) is 1. The third-order valence-electron chi connectivity index (χ3n) is 3.10. The molecule has 104 valence electrons. The van der Waals surface area contributed by atoms with Gasteiger partial charge in [0.25, 0.3) is 0 Å². The lowest BCUT2D eigenvalue weighted by molar-refractivity contribution is 0.376. The van der Waals surface area contributed by atoms with Crippen molar-refractivity contribution in [3.05, 3.63) is 23.4 Å². The summed E-state index contributed by atoms with van der Waals surface area (Å²) in [5.74, 6) is 0.783. The van der Waals surface area contributed by atoms with Gasteiger partial charge in [-0.3, -0.25) is 0 Å². The fraction of sp³-hybridized carbons (Fsp3) is 0.600. The maximum Gasteiger partial charge on any atom is 0.146 e. The van der Waals surface area contributed by atoms with Gasteiger partial charge < -0.3 is 10.6 Å². The van der Waals surface area contributed by atoms with Crippen molar-refractivity contribution < 1.29 is 0 Å². The molecule has 4 nitrogen and oxygen atoms in total. The highest BCUT2D eigenvalue weighted by Crippen LogP contribution is 2.23. The highest BCUT2D eigenvalue weighted by atomic mass is 15.2. The van der Waals surface area contributed by atoms with E-state index in [1.165, 1.54) is 0 Å². The molecule has 0 saturated heterocycles. The molecule has 0 amide bonds. The summed E-state index contributed by atoms with van der Waals surface area (Å²) in [7, 11) is 0. The smallest absolute Gasteiger partial charge is 0.146 e. The maximum atomic E-state index is 9.24. The Kier molecular flexibility index (Phi) is 5.31. The summed E-state index contributed by atoms with van der Waals surface area (Å²) in [6, 6.07) is 5.95. The summed E-state index contributed by atoms with van der Waals surface area (Å²) in [4.78, 5) is 6.72. The zero-order valence-electron chi connectivity index (χ0n) is 12.4. The quantitative estimate of drug-likeness (QED) is 0.853. The van der Waals surface area contributed by atoms with Gasteiger partial charge in [0.15, 0.2) is 0 Å². The number of hydrogen-bond donors (Lipinski definition) is 1. The van der Waals surface area contributed by atoms with Crippen molar-refractivity contribution in [1.29, 1.82) is 5.26 Å². The second kappa shape index (κ2) is 6.53. The first-order valence-electron chi connectivity index (χ1n) is 6.76. The van der Waals surface area contributed by atoms with E-state index in [4.69, 9.17) is 5.73 Å². The first-order chi connectivity index (χ1) is 8.93. The topological polar surface area (TPSA) is 65.9 Å². The van der Waals surface area contributed by atoms with Crippen molar-refractivity contribution in [2.75, 3.05) is 24.5 Å². The molecule has 0 aliphatic rings. The molecule has 0 spiro atoms. The molecular formula is C15H24N4. The Hall–Kier alpha value is -1.60. The molecule has 1 aromatic rings. The van der Waals surface area contributed by atoms with Crippen LogP contribution in [-0.2, 0) is 0 Å². The van der Waals surface area contributed by atoms with Gasteiger partial charge >= 0.3 is 0 Å². The van der Waals surface area contributed by atoms with Gasteiger partial charge in [0.2, 0.25) is 0 Å². The van der Waals surface area contributed by atoms with E-state index in [-0.39, 0.29) is 5.41 Å². The second-order valence-corrected chi connectivity index (χ2v) is 5.73. The SMILES string of the molecule is CCCN(CC(C)(C)CN)c1nc(C)ccc1C#N. The van der Waals surface area contributed by atoms with Gasteiger partial charge in [-0.25, -0.2) is 4.98 Å². The minimum Gasteiger partial charge on any atom is -0.355 e. The summed E-state index contributed by atoms with van der Waals surface area (Å²) in [5, 5.41) is 9.24. The first kappa shape index (κ1) is 15.5. The number of anilines is 1. The largest absolute Gasteiger partial charge is 0.355 e. The van der Waals surface area contributed by atoms with Gasteiger partial charge in [-0.05, 0) is 37.4 Å². The van der Waals surface area contributed by atoms with Crippen molar-refractivity contribution in [2.24, 2.45) is 11.1 Å². The number of nitrogens with zero attached hydrogens (tertiary/aromatic N) is 3. The second-order valence-electron chi connectivity index (χ2n) is 5.73. The molecule has 0 saturated carbocycles. The van der Waals surface area contributed by atoms with Crippen LogP contribution >= 0.6 is 0 Å². The number of rotatable bonds is 6. The van der Waals surface area contributed by atoms with E-state index >= 15 is 0 Å². The van der Waals surface area contributed by atoms with Crippen molar-refractivity contribution in [2.45, 2.75) is 34.1 Å². The molecule has 0 radical (unpaired) electrons. The van der Waals surface area contributed by atoms with E-state index in [9.17, 15) is 5.26 Å². The summed E-state index contributed by atoms with van der Waals surface area (Å²) in [6.07, 6.45) is 1.02. The molecule has 1 heterocycles. The van der Waals surface area contributed by atoms with Gasteiger partial charge in [0.1, 0.15) is 11.9 Å². The Bertz CT molecular complexity index is 460. The van der Waals surface area contributed by atoms with E-state index in [1.54, 1.807) is 0 Å². The van der Waals surface area contributed by atoms with Gasteiger partial charge in [-0.2, -0.15) is 5.26 Å². The molecule has 0 atom stereocenters. The Morgan fingerprint density at radius 1 is 1.42 bits per heavy atom. The number of nitriles is 1. The summed E-state index contributed by atoms with van der Waals surface area (Å²) in [6.45, 7) is 10.7. The molecule has 0 aliphatic carbocycles. The Labute approximate surface area is 116 Å². The minimum absolute atomic E-state index is 0.00726. The third-order valence-corrected chi connectivity index (χ3v) is 3.10. The van der Waals surface area contributed by atoms with Gasteiger partial charge in [-0.15, -0.1) is 0 Å². The number of pyridine rings is 1. The van der Waals surface area contributed by atoms with Crippen LogP contribution in [0.15, 0.2) is 12.1 Å².